The molecule has 0 aliphatic carbocycles. The van der Waals surface area contributed by atoms with Crippen LogP contribution < -0.4 is 0 Å². The van der Waals surface area contributed by atoms with Crippen LogP contribution in [0.15, 0.2) is 18.2 Å². The highest BCUT2D eigenvalue weighted by Gasteiger charge is 2.25. The second-order valence-corrected chi connectivity index (χ2v) is 5.26. The summed E-state index contributed by atoms with van der Waals surface area (Å²) in [7, 11) is 0. The van der Waals surface area contributed by atoms with Gasteiger partial charge in [0.15, 0.2) is 0 Å². The van der Waals surface area contributed by atoms with E-state index in [2.05, 4.69) is 0 Å². The van der Waals surface area contributed by atoms with Gasteiger partial charge in [0, 0.05) is 19.7 Å². The average molecular weight is 265 g/mol. The predicted octanol–water partition coefficient (Wildman–Crippen LogP) is 2.37. The van der Waals surface area contributed by atoms with Crippen LogP contribution in [0.2, 0.25) is 0 Å². The number of carbonyl (C=O) groups excluding carboxylic acids is 1. The Bertz CT molecular complexity index is 459. The Morgan fingerprint density at radius 3 is 3.00 bits per heavy atom. The Balaban J connectivity index is 2.10. The number of benzene rings is 1. The minimum atomic E-state index is -0.450. The Morgan fingerprint density at radius 1 is 1.53 bits per heavy atom. The van der Waals surface area contributed by atoms with Gasteiger partial charge in [-0.25, -0.2) is 4.39 Å². The molecule has 1 aliphatic heterocycles. The SMILES string of the molecule is Cc1ccc(C(=O)N2CCCC(CCO)C2)c(F)c1. The summed E-state index contributed by atoms with van der Waals surface area (Å²) in [6.45, 7) is 3.24. The first-order valence-electron chi connectivity index (χ1n) is 6.78. The molecule has 1 aromatic carbocycles. The summed E-state index contributed by atoms with van der Waals surface area (Å²) in [5.41, 5.74) is 0.959. The summed E-state index contributed by atoms with van der Waals surface area (Å²) in [5, 5.41) is 8.97. The third-order valence-electron chi connectivity index (χ3n) is 3.70. The summed E-state index contributed by atoms with van der Waals surface area (Å²) < 4.78 is 13.8. The second kappa shape index (κ2) is 6.15. The molecule has 1 aliphatic rings. The van der Waals surface area contributed by atoms with E-state index in [1.165, 1.54) is 6.07 Å². The molecule has 1 saturated heterocycles. The molecule has 1 atom stereocenters. The highest BCUT2D eigenvalue weighted by atomic mass is 19.1. The Hall–Kier alpha value is -1.42. The topological polar surface area (TPSA) is 40.5 Å². The van der Waals surface area contributed by atoms with Crippen LogP contribution in [0.1, 0.15) is 35.2 Å². The van der Waals surface area contributed by atoms with E-state index >= 15 is 0 Å². The molecule has 1 aromatic rings. The minimum Gasteiger partial charge on any atom is -0.396 e. The predicted molar refractivity (Wildman–Crippen MR) is 71.5 cm³/mol. The zero-order chi connectivity index (χ0) is 13.8. The van der Waals surface area contributed by atoms with Crippen LogP contribution >= 0.6 is 0 Å². The normalized spacial score (nSPS) is 19.5. The van der Waals surface area contributed by atoms with Gasteiger partial charge in [-0.2, -0.15) is 0 Å². The molecular weight excluding hydrogens is 245 g/mol. The van der Waals surface area contributed by atoms with Crippen molar-refractivity contribution in [2.24, 2.45) is 5.92 Å². The Morgan fingerprint density at radius 2 is 2.32 bits per heavy atom. The van der Waals surface area contributed by atoms with Crippen LogP contribution in [-0.4, -0.2) is 35.6 Å². The molecule has 0 spiro atoms. The van der Waals surface area contributed by atoms with Gasteiger partial charge in [0.2, 0.25) is 0 Å². The number of rotatable bonds is 3. The maximum Gasteiger partial charge on any atom is 0.256 e. The summed E-state index contributed by atoms with van der Waals surface area (Å²) in [6, 6.07) is 4.70. The highest BCUT2D eigenvalue weighted by Crippen LogP contribution is 2.22. The number of aliphatic hydroxyl groups excluding tert-OH is 1. The average Bonchev–Trinajstić information content (AvgIpc) is 2.39. The van der Waals surface area contributed by atoms with E-state index in [1.807, 2.05) is 0 Å². The standard InChI is InChI=1S/C15H20FNO2/c1-11-4-5-13(14(16)9-11)15(19)17-7-2-3-12(10-17)6-8-18/h4-5,9,12,18H,2-3,6-8,10H2,1H3. The van der Waals surface area contributed by atoms with Gasteiger partial charge < -0.3 is 10.0 Å². The number of aryl methyl sites for hydroxylation is 1. The van der Waals surface area contributed by atoms with E-state index in [-0.39, 0.29) is 18.1 Å². The Kier molecular flexibility index (Phi) is 4.53. The fraction of sp³-hybridized carbons (Fsp3) is 0.533. The van der Waals surface area contributed by atoms with Crippen molar-refractivity contribution in [2.75, 3.05) is 19.7 Å². The number of carbonyl (C=O) groups is 1. The first-order valence-corrected chi connectivity index (χ1v) is 6.78. The van der Waals surface area contributed by atoms with Gasteiger partial charge in [0.05, 0.1) is 5.56 Å². The third-order valence-corrected chi connectivity index (χ3v) is 3.70. The lowest BCUT2D eigenvalue weighted by Gasteiger charge is -2.32. The molecule has 1 unspecified atom stereocenters. The first kappa shape index (κ1) is 14.0. The van der Waals surface area contributed by atoms with Gasteiger partial charge in [0.1, 0.15) is 5.82 Å². The fourth-order valence-electron chi connectivity index (χ4n) is 2.63. The largest absolute Gasteiger partial charge is 0.396 e. The van der Waals surface area contributed by atoms with Crippen molar-refractivity contribution in [3.05, 3.63) is 35.1 Å². The highest BCUT2D eigenvalue weighted by molar-refractivity contribution is 5.94. The van der Waals surface area contributed by atoms with Crippen molar-refractivity contribution < 1.29 is 14.3 Å². The molecular formula is C15H20FNO2. The van der Waals surface area contributed by atoms with Crippen molar-refractivity contribution in [2.45, 2.75) is 26.2 Å². The van der Waals surface area contributed by atoms with Gasteiger partial charge in [-0.3, -0.25) is 4.79 Å². The number of likely N-dealkylation sites (tertiary alicyclic amines) is 1. The quantitative estimate of drug-likeness (QED) is 0.911. The molecule has 1 amide bonds. The Labute approximate surface area is 113 Å². The number of amides is 1. The summed E-state index contributed by atoms with van der Waals surface area (Å²) in [5.74, 6) is -0.356. The van der Waals surface area contributed by atoms with Crippen molar-refractivity contribution in [1.29, 1.82) is 0 Å². The van der Waals surface area contributed by atoms with Crippen molar-refractivity contribution in [3.63, 3.8) is 0 Å². The molecule has 4 heteroatoms. The lowest BCUT2D eigenvalue weighted by molar-refractivity contribution is 0.0649. The van der Waals surface area contributed by atoms with E-state index < -0.39 is 5.82 Å². The lowest BCUT2D eigenvalue weighted by Crippen LogP contribution is -2.40. The van der Waals surface area contributed by atoms with Crippen LogP contribution in [0.5, 0.6) is 0 Å². The number of piperidine rings is 1. The van der Waals surface area contributed by atoms with E-state index in [0.717, 1.165) is 18.4 Å². The zero-order valence-electron chi connectivity index (χ0n) is 11.2. The number of nitrogens with zero attached hydrogens (tertiary/aromatic N) is 1. The number of hydrogen-bond acceptors (Lipinski definition) is 2. The fourth-order valence-corrected chi connectivity index (χ4v) is 2.63. The maximum absolute atomic E-state index is 13.8. The van der Waals surface area contributed by atoms with Gasteiger partial charge in [-0.15, -0.1) is 0 Å². The molecule has 0 radical (unpaired) electrons. The van der Waals surface area contributed by atoms with Crippen molar-refractivity contribution >= 4 is 5.91 Å². The maximum atomic E-state index is 13.8. The number of aliphatic hydroxyl groups is 1. The van der Waals surface area contributed by atoms with Crippen LogP contribution in [-0.2, 0) is 0 Å². The molecule has 1 N–H and O–H groups in total. The molecule has 3 nitrogen and oxygen atoms in total. The van der Waals surface area contributed by atoms with Gasteiger partial charge in [-0.05, 0) is 49.8 Å². The van der Waals surface area contributed by atoms with Crippen molar-refractivity contribution in [1.82, 2.24) is 4.90 Å². The number of halogens is 1. The summed E-state index contributed by atoms with van der Waals surface area (Å²) in [6.07, 6.45) is 2.66. The second-order valence-electron chi connectivity index (χ2n) is 5.26. The summed E-state index contributed by atoms with van der Waals surface area (Å²) in [4.78, 5) is 14.0. The minimum absolute atomic E-state index is 0.144. The van der Waals surface area contributed by atoms with Crippen LogP contribution in [0.3, 0.4) is 0 Å². The molecule has 0 saturated carbocycles. The molecule has 19 heavy (non-hydrogen) atoms. The van der Waals surface area contributed by atoms with Gasteiger partial charge >= 0.3 is 0 Å². The van der Waals surface area contributed by atoms with Gasteiger partial charge in [0.25, 0.3) is 5.91 Å². The monoisotopic (exact) mass is 265 g/mol. The molecule has 0 bridgehead atoms. The third kappa shape index (κ3) is 3.32. The zero-order valence-corrected chi connectivity index (χ0v) is 11.2. The molecule has 2 rings (SSSR count). The van der Waals surface area contributed by atoms with E-state index in [1.54, 1.807) is 24.0 Å². The smallest absolute Gasteiger partial charge is 0.256 e. The molecule has 1 fully saturated rings. The molecule has 104 valence electrons. The van der Waals surface area contributed by atoms with Crippen LogP contribution in [0.4, 0.5) is 4.39 Å². The van der Waals surface area contributed by atoms with Crippen LogP contribution in [0, 0.1) is 18.7 Å². The molecule has 1 heterocycles. The van der Waals surface area contributed by atoms with E-state index in [4.69, 9.17) is 5.11 Å². The number of hydrogen-bond donors (Lipinski definition) is 1. The van der Waals surface area contributed by atoms with E-state index in [9.17, 15) is 9.18 Å². The first-order chi connectivity index (χ1) is 9.11. The van der Waals surface area contributed by atoms with Gasteiger partial charge in [-0.1, -0.05) is 6.07 Å². The summed E-state index contributed by atoms with van der Waals surface area (Å²) >= 11 is 0. The molecule has 0 aromatic heterocycles. The van der Waals surface area contributed by atoms with Crippen molar-refractivity contribution in [3.8, 4) is 0 Å². The van der Waals surface area contributed by atoms with E-state index in [0.29, 0.717) is 25.4 Å². The van der Waals surface area contributed by atoms with Crippen LogP contribution in [0.25, 0.3) is 0 Å². The lowest BCUT2D eigenvalue weighted by atomic mass is 9.94.